The van der Waals surface area contributed by atoms with E-state index in [0.29, 0.717) is 24.2 Å². The fourth-order valence-electron chi connectivity index (χ4n) is 10.6. The molecule has 3 nitrogen and oxygen atoms in total. The van der Waals surface area contributed by atoms with Gasteiger partial charge in [0.15, 0.2) is 0 Å². The standard InChI is InChI=1S/C24H34O3/c1-21-7-3-4-8-23(21,26)16-11-13(16)19-15(21)5-9-22(2)20(19)14-12-17(14)24(22)10-6-18(25)27-24/h13-17,19-20,26H,3-12H2,1-2H3/t13-,14+,15-,16+,17-,19+,20-,21+,22-,23+,24-/m0/s1. The summed E-state index contributed by atoms with van der Waals surface area (Å²) in [6.45, 7) is 4.96. The number of aliphatic hydroxyl groups is 1. The van der Waals surface area contributed by atoms with Crippen LogP contribution in [0.5, 0.6) is 0 Å². The van der Waals surface area contributed by atoms with E-state index in [2.05, 4.69) is 13.8 Å². The quantitative estimate of drug-likeness (QED) is 0.646. The largest absolute Gasteiger partial charge is 0.458 e. The topological polar surface area (TPSA) is 46.5 Å². The maximum Gasteiger partial charge on any atom is 0.306 e. The Bertz CT molecular complexity index is 748. The van der Waals surface area contributed by atoms with E-state index in [1.54, 1.807) is 0 Å². The molecule has 0 bridgehead atoms. The van der Waals surface area contributed by atoms with Crippen LogP contribution in [0.2, 0.25) is 0 Å². The number of rotatable bonds is 0. The van der Waals surface area contributed by atoms with Crippen LogP contribution in [-0.4, -0.2) is 22.3 Å². The van der Waals surface area contributed by atoms with Crippen LogP contribution in [0.3, 0.4) is 0 Å². The first-order chi connectivity index (χ1) is 12.9. The lowest BCUT2D eigenvalue weighted by molar-refractivity contribution is -0.226. The van der Waals surface area contributed by atoms with Gasteiger partial charge in [-0.3, -0.25) is 4.79 Å². The molecule has 1 heterocycles. The van der Waals surface area contributed by atoms with Crippen molar-refractivity contribution in [1.82, 2.24) is 0 Å². The number of hydrogen-bond donors (Lipinski definition) is 1. The van der Waals surface area contributed by atoms with Crippen LogP contribution in [0.15, 0.2) is 0 Å². The first-order valence-electron chi connectivity index (χ1n) is 11.8. The van der Waals surface area contributed by atoms with Gasteiger partial charge in [-0.25, -0.2) is 0 Å². The van der Waals surface area contributed by atoms with E-state index in [0.717, 1.165) is 36.5 Å². The molecule has 1 N–H and O–H groups in total. The van der Waals surface area contributed by atoms with E-state index >= 15 is 0 Å². The number of hydrogen-bond acceptors (Lipinski definition) is 3. The van der Waals surface area contributed by atoms with Crippen molar-refractivity contribution in [3.63, 3.8) is 0 Å². The minimum Gasteiger partial charge on any atom is -0.458 e. The number of fused-ring (bicyclic) bond motifs is 12. The molecule has 148 valence electrons. The fourth-order valence-corrected chi connectivity index (χ4v) is 10.6. The first-order valence-corrected chi connectivity index (χ1v) is 11.8. The highest BCUT2D eigenvalue weighted by molar-refractivity contribution is 5.73. The predicted molar refractivity (Wildman–Crippen MR) is 101 cm³/mol. The average molecular weight is 371 g/mol. The van der Waals surface area contributed by atoms with Crippen molar-refractivity contribution in [2.24, 2.45) is 52.3 Å². The van der Waals surface area contributed by atoms with E-state index < -0.39 is 0 Å². The zero-order chi connectivity index (χ0) is 18.4. The highest BCUT2D eigenvalue weighted by Crippen LogP contribution is 2.83. The van der Waals surface area contributed by atoms with Crippen LogP contribution in [-0.2, 0) is 9.53 Å². The zero-order valence-corrected chi connectivity index (χ0v) is 16.9. The molecule has 0 radical (unpaired) electrons. The molecule has 7 fully saturated rings. The van der Waals surface area contributed by atoms with Crippen LogP contribution in [0.4, 0.5) is 0 Å². The van der Waals surface area contributed by atoms with E-state index in [9.17, 15) is 9.90 Å². The van der Waals surface area contributed by atoms with Gasteiger partial charge in [0.25, 0.3) is 0 Å². The second kappa shape index (κ2) is 4.45. The van der Waals surface area contributed by atoms with Gasteiger partial charge >= 0.3 is 5.97 Å². The van der Waals surface area contributed by atoms with Crippen molar-refractivity contribution in [1.29, 1.82) is 0 Å². The molecular formula is C24H34O3. The Balaban J connectivity index is 1.33. The summed E-state index contributed by atoms with van der Waals surface area (Å²) < 4.78 is 6.23. The van der Waals surface area contributed by atoms with Crippen molar-refractivity contribution in [2.45, 2.75) is 89.3 Å². The van der Waals surface area contributed by atoms with Crippen LogP contribution < -0.4 is 0 Å². The second-order valence-corrected chi connectivity index (χ2v) is 12.1. The summed E-state index contributed by atoms with van der Waals surface area (Å²) >= 11 is 0. The van der Waals surface area contributed by atoms with Crippen LogP contribution in [0.25, 0.3) is 0 Å². The molecule has 7 rings (SSSR count). The maximum absolute atomic E-state index is 12.2. The molecule has 27 heavy (non-hydrogen) atoms. The Morgan fingerprint density at radius 3 is 2.48 bits per heavy atom. The van der Waals surface area contributed by atoms with Crippen molar-refractivity contribution in [3.8, 4) is 0 Å². The van der Waals surface area contributed by atoms with Gasteiger partial charge in [0, 0.05) is 17.8 Å². The lowest BCUT2D eigenvalue weighted by Crippen LogP contribution is -2.64. The van der Waals surface area contributed by atoms with Gasteiger partial charge in [0.2, 0.25) is 0 Å². The third-order valence-corrected chi connectivity index (χ3v) is 11.7. The van der Waals surface area contributed by atoms with Crippen LogP contribution in [0, 0.1) is 52.3 Å². The lowest BCUT2D eigenvalue weighted by atomic mass is 9.42. The van der Waals surface area contributed by atoms with Crippen LogP contribution >= 0.6 is 0 Å². The van der Waals surface area contributed by atoms with E-state index in [4.69, 9.17) is 4.74 Å². The average Bonchev–Trinajstić information content (AvgIpc) is 3.53. The number of carbonyl (C=O) groups excluding carboxylic acids is 1. The smallest absolute Gasteiger partial charge is 0.306 e. The molecular weight excluding hydrogens is 336 g/mol. The summed E-state index contributed by atoms with van der Waals surface area (Å²) in [5.41, 5.74) is -0.192. The molecule has 6 aliphatic carbocycles. The summed E-state index contributed by atoms with van der Waals surface area (Å²) in [6.07, 6.45) is 11.4. The normalized spacial score (nSPS) is 67.7. The van der Waals surface area contributed by atoms with Crippen molar-refractivity contribution in [3.05, 3.63) is 0 Å². The number of esters is 1. The van der Waals surface area contributed by atoms with E-state index in [1.165, 1.54) is 44.9 Å². The number of ether oxygens (including phenoxy) is 1. The molecule has 7 aliphatic rings. The molecule has 0 unspecified atom stereocenters. The molecule has 0 aromatic carbocycles. The molecule has 1 aliphatic heterocycles. The Kier molecular flexibility index (Phi) is 2.68. The van der Waals surface area contributed by atoms with Gasteiger partial charge < -0.3 is 9.84 Å². The number of carbonyl (C=O) groups is 1. The Morgan fingerprint density at radius 1 is 0.926 bits per heavy atom. The minimum absolute atomic E-state index is 0.0613. The third kappa shape index (κ3) is 1.53. The summed E-state index contributed by atoms with van der Waals surface area (Å²) in [5, 5.41) is 11.9. The van der Waals surface area contributed by atoms with Crippen molar-refractivity contribution < 1.29 is 14.6 Å². The Hall–Kier alpha value is -0.570. The summed E-state index contributed by atoms with van der Waals surface area (Å²) in [7, 11) is 0. The van der Waals surface area contributed by atoms with E-state index in [-0.39, 0.29) is 28.0 Å². The molecule has 0 aromatic rings. The van der Waals surface area contributed by atoms with Crippen molar-refractivity contribution in [2.75, 3.05) is 0 Å². The molecule has 1 spiro atoms. The monoisotopic (exact) mass is 370 g/mol. The predicted octanol–water partition coefficient (Wildman–Crippen LogP) is 4.32. The molecule has 0 amide bonds. The minimum atomic E-state index is -0.385. The fraction of sp³-hybridized carbons (Fsp3) is 0.958. The lowest BCUT2D eigenvalue weighted by Gasteiger charge is -2.64. The highest BCUT2D eigenvalue weighted by atomic mass is 16.6. The third-order valence-electron chi connectivity index (χ3n) is 11.7. The SMILES string of the molecule is C[C@]12CC[C@H]3[C@@H]([C@H]4C[C@H]4[C@]4(O)CCCC[C@]34C)[C@@H]1[C@@H]1C[C@@H]1[C@@]21CCC(=O)O1. The second-order valence-electron chi connectivity index (χ2n) is 12.1. The van der Waals surface area contributed by atoms with Gasteiger partial charge in [0.1, 0.15) is 5.60 Å². The summed E-state index contributed by atoms with van der Waals surface area (Å²) in [5.74, 6) is 5.04. The molecule has 6 saturated carbocycles. The van der Waals surface area contributed by atoms with E-state index in [1.807, 2.05) is 0 Å². The highest BCUT2D eigenvalue weighted by Gasteiger charge is 2.82. The molecule has 0 aromatic heterocycles. The Morgan fingerprint density at radius 2 is 1.70 bits per heavy atom. The van der Waals surface area contributed by atoms with Crippen molar-refractivity contribution >= 4 is 5.97 Å². The Labute approximate surface area is 162 Å². The maximum atomic E-state index is 12.2. The molecule has 11 atom stereocenters. The zero-order valence-electron chi connectivity index (χ0n) is 16.9. The first kappa shape index (κ1) is 16.3. The summed E-state index contributed by atoms with van der Waals surface area (Å²) in [4.78, 5) is 12.2. The molecule has 1 saturated heterocycles. The van der Waals surface area contributed by atoms with Crippen LogP contribution in [0.1, 0.15) is 78.1 Å². The summed E-state index contributed by atoms with van der Waals surface area (Å²) in [6, 6.07) is 0. The molecule has 3 heteroatoms. The van der Waals surface area contributed by atoms with Gasteiger partial charge in [-0.2, -0.15) is 0 Å². The van der Waals surface area contributed by atoms with Gasteiger partial charge in [-0.1, -0.05) is 26.7 Å². The van der Waals surface area contributed by atoms with Gasteiger partial charge in [-0.05, 0) is 85.9 Å². The van der Waals surface area contributed by atoms with Gasteiger partial charge in [-0.15, -0.1) is 0 Å². The van der Waals surface area contributed by atoms with Gasteiger partial charge in [0.05, 0.1) is 5.60 Å².